The second-order valence-corrected chi connectivity index (χ2v) is 2.16. The van der Waals surface area contributed by atoms with Crippen LogP contribution in [0.25, 0.3) is 0 Å². The summed E-state index contributed by atoms with van der Waals surface area (Å²) in [4.78, 5) is 0. The van der Waals surface area contributed by atoms with Gasteiger partial charge < -0.3 is 5.73 Å². The van der Waals surface area contributed by atoms with Crippen LogP contribution in [0.3, 0.4) is 0 Å². The fourth-order valence-corrected chi connectivity index (χ4v) is 0.683. The third kappa shape index (κ3) is 1.70. The lowest BCUT2D eigenvalue weighted by atomic mass is 10.2. The van der Waals surface area contributed by atoms with Gasteiger partial charge in [-0.1, -0.05) is 17.7 Å². The summed E-state index contributed by atoms with van der Waals surface area (Å²) in [5.74, 6) is 0. The molecule has 9 heavy (non-hydrogen) atoms. The molecule has 1 aromatic carbocycles. The summed E-state index contributed by atoms with van der Waals surface area (Å²) in [6.45, 7) is 0.549. The quantitative estimate of drug-likeness (QED) is 0.630. The maximum Gasteiger partial charge on any atom is 0.0485 e. The van der Waals surface area contributed by atoms with Crippen LogP contribution in [0.4, 0.5) is 0 Å². The molecule has 2 heteroatoms. The van der Waals surface area contributed by atoms with Crippen molar-refractivity contribution in [1.82, 2.24) is 0 Å². The molecule has 0 spiro atoms. The van der Waals surface area contributed by atoms with Gasteiger partial charge in [-0.25, -0.2) is 0 Å². The fraction of sp³-hybridized carbons (Fsp3) is 0.143. The first-order valence-electron chi connectivity index (χ1n) is 2.69. The Morgan fingerprint density at radius 1 is 1.56 bits per heavy atom. The predicted octanol–water partition coefficient (Wildman–Crippen LogP) is 1.60. The molecule has 1 radical (unpaired) electrons. The Morgan fingerprint density at radius 3 is 2.78 bits per heavy atom. The highest BCUT2D eigenvalue weighted by atomic mass is 35.5. The van der Waals surface area contributed by atoms with Crippen LogP contribution in [0.5, 0.6) is 0 Å². The van der Waals surface area contributed by atoms with Crippen molar-refractivity contribution >= 4 is 11.6 Å². The van der Waals surface area contributed by atoms with Gasteiger partial charge in [0.1, 0.15) is 0 Å². The van der Waals surface area contributed by atoms with Crippen molar-refractivity contribution in [3.8, 4) is 0 Å². The lowest BCUT2D eigenvalue weighted by Crippen LogP contribution is -1.94. The molecule has 0 unspecified atom stereocenters. The molecular formula is C7H7ClN. The van der Waals surface area contributed by atoms with E-state index in [0.29, 0.717) is 11.6 Å². The molecule has 0 fully saturated rings. The minimum Gasteiger partial charge on any atom is -0.326 e. The van der Waals surface area contributed by atoms with Gasteiger partial charge in [0, 0.05) is 17.6 Å². The Hall–Kier alpha value is -0.530. The molecule has 0 atom stereocenters. The van der Waals surface area contributed by atoms with E-state index in [4.69, 9.17) is 17.3 Å². The van der Waals surface area contributed by atoms with E-state index in [1.165, 1.54) is 0 Å². The van der Waals surface area contributed by atoms with E-state index >= 15 is 0 Å². The van der Waals surface area contributed by atoms with Gasteiger partial charge in [-0.3, -0.25) is 0 Å². The summed E-state index contributed by atoms with van der Waals surface area (Å²) in [6.07, 6.45) is 0. The minimum absolute atomic E-state index is 0.549. The van der Waals surface area contributed by atoms with Crippen LogP contribution in [-0.2, 0) is 6.54 Å². The van der Waals surface area contributed by atoms with Crippen LogP contribution in [0.1, 0.15) is 5.56 Å². The number of benzene rings is 1. The van der Waals surface area contributed by atoms with Gasteiger partial charge in [0.25, 0.3) is 0 Å². The van der Waals surface area contributed by atoms with Gasteiger partial charge in [0.2, 0.25) is 0 Å². The Labute approximate surface area is 59.4 Å². The van der Waals surface area contributed by atoms with Crippen LogP contribution < -0.4 is 5.73 Å². The van der Waals surface area contributed by atoms with Crippen LogP contribution in [0.2, 0.25) is 5.02 Å². The van der Waals surface area contributed by atoms with Crippen LogP contribution in [0.15, 0.2) is 18.2 Å². The second-order valence-electron chi connectivity index (χ2n) is 1.75. The van der Waals surface area contributed by atoms with E-state index in [0.717, 1.165) is 5.56 Å². The average molecular weight is 141 g/mol. The first-order chi connectivity index (χ1) is 4.33. The normalized spacial score (nSPS) is 9.56. The standard InChI is InChI=1S/C7H7ClN/c8-7-3-1-6(5-9)2-4-7/h1-3H,5,9H2. The summed E-state index contributed by atoms with van der Waals surface area (Å²) < 4.78 is 0. The zero-order valence-corrected chi connectivity index (χ0v) is 5.65. The molecule has 2 N–H and O–H groups in total. The van der Waals surface area contributed by atoms with Crippen molar-refractivity contribution in [2.24, 2.45) is 5.73 Å². The maximum absolute atomic E-state index is 5.57. The van der Waals surface area contributed by atoms with Gasteiger partial charge in [0.15, 0.2) is 0 Å². The van der Waals surface area contributed by atoms with Gasteiger partial charge in [-0.05, 0) is 17.7 Å². The maximum atomic E-state index is 5.57. The smallest absolute Gasteiger partial charge is 0.0485 e. The number of nitrogens with two attached hydrogens (primary N) is 1. The molecule has 0 aliphatic heterocycles. The van der Waals surface area contributed by atoms with E-state index < -0.39 is 0 Å². The van der Waals surface area contributed by atoms with Gasteiger partial charge in [0.05, 0.1) is 0 Å². The third-order valence-electron chi connectivity index (χ3n) is 1.07. The van der Waals surface area contributed by atoms with Crippen molar-refractivity contribution in [2.75, 3.05) is 0 Å². The van der Waals surface area contributed by atoms with Gasteiger partial charge in [-0.15, -0.1) is 0 Å². The zero-order valence-electron chi connectivity index (χ0n) is 4.89. The third-order valence-corrected chi connectivity index (χ3v) is 1.31. The van der Waals surface area contributed by atoms with Gasteiger partial charge in [-0.2, -0.15) is 0 Å². The summed E-state index contributed by atoms with van der Waals surface area (Å²) in [7, 11) is 0. The summed E-state index contributed by atoms with van der Waals surface area (Å²) in [5, 5.41) is 0.632. The lowest BCUT2D eigenvalue weighted by molar-refractivity contribution is 1.07. The number of hydrogen-bond acceptors (Lipinski definition) is 1. The summed E-state index contributed by atoms with van der Waals surface area (Å²) in [5.41, 5.74) is 6.39. The zero-order chi connectivity index (χ0) is 6.69. The Balaban J connectivity index is 2.88. The molecule has 0 aliphatic rings. The largest absolute Gasteiger partial charge is 0.326 e. The highest BCUT2D eigenvalue weighted by molar-refractivity contribution is 6.30. The minimum atomic E-state index is 0.549. The van der Waals surface area contributed by atoms with E-state index in [9.17, 15) is 0 Å². The number of halogens is 1. The predicted molar refractivity (Wildman–Crippen MR) is 38.2 cm³/mol. The van der Waals surface area contributed by atoms with Crippen LogP contribution in [0, 0.1) is 6.07 Å². The van der Waals surface area contributed by atoms with E-state index in [1.807, 2.05) is 6.07 Å². The summed E-state index contributed by atoms with van der Waals surface area (Å²) in [6, 6.07) is 8.30. The van der Waals surface area contributed by atoms with Crippen LogP contribution >= 0.6 is 11.6 Å². The molecule has 0 saturated heterocycles. The second kappa shape index (κ2) is 2.85. The van der Waals surface area contributed by atoms with Gasteiger partial charge >= 0.3 is 0 Å². The molecule has 1 rings (SSSR count). The van der Waals surface area contributed by atoms with E-state index in [1.54, 1.807) is 12.1 Å². The number of rotatable bonds is 1. The molecule has 0 saturated carbocycles. The fourth-order valence-electron chi connectivity index (χ4n) is 0.565. The molecule has 47 valence electrons. The Morgan fingerprint density at radius 2 is 2.33 bits per heavy atom. The molecule has 0 bridgehead atoms. The van der Waals surface area contributed by atoms with E-state index in [-0.39, 0.29) is 0 Å². The first-order valence-corrected chi connectivity index (χ1v) is 3.07. The van der Waals surface area contributed by atoms with E-state index in [2.05, 4.69) is 6.07 Å². The van der Waals surface area contributed by atoms with Crippen molar-refractivity contribution in [3.05, 3.63) is 34.9 Å². The van der Waals surface area contributed by atoms with Crippen molar-refractivity contribution < 1.29 is 0 Å². The monoisotopic (exact) mass is 140 g/mol. The summed E-state index contributed by atoms with van der Waals surface area (Å²) >= 11 is 5.57. The highest BCUT2D eigenvalue weighted by Gasteiger charge is 1.87. The lowest BCUT2D eigenvalue weighted by Gasteiger charge is -1.92. The molecular weight excluding hydrogens is 134 g/mol. The molecule has 1 aromatic rings. The van der Waals surface area contributed by atoms with Crippen molar-refractivity contribution in [3.63, 3.8) is 0 Å². The van der Waals surface area contributed by atoms with Crippen LogP contribution in [-0.4, -0.2) is 0 Å². The Kier molecular flexibility index (Phi) is 2.09. The average Bonchev–Trinajstić information content (AvgIpc) is 1.90. The topological polar surface area (TPSA) is 26.0 Å². The first kappa shape index (κ1) is 6.59. The Bertz CT molecular complexity index is 181. The SMILES string of the molecule is NCc1c[c]c(Cl)cc1. The molecule has 1 nitrogen and oxygen atoms in total. The number of hydrogen-bond donors (Lipinski definition) is 1. The molecule has 0 heterocycles. The van der Waals surface area contributed by atoms with Crippen molar-refractivity contribution in [1.29, 1.82) is 0 Å². The molecule has 0 aliphatic carbocycles. The molecule has 0 aromatic heterocycles. The van der Waals surface area contributed by atoms with Crippen molar-refractivity contribution in [2.45, 2.75) is 6.54 Å². The molecule has 0 amide bonds. The highest BCUT2D eigenvalue weighted by Crippen LogP contribution is 2.07.